The number of hydrogen-bond acceptors (Lipinski definition) is 5. The molecule has 1 aliphatic rings. The second kappa shape index (κ2) is 6.61. The van der Waals surface area contributed by atoms with Gasteiger partial charge in [0.25, 0.3) is 0 Å². The second-order valence-corrected chi connectivity index (χ2v) is 8.67. The molecule has 0 aliphatic carbocycles. The molecule has 0 fully saturated rings. The summed E-state index contributed by atoms with van der Waals surface area (Å²) >= 11 is 0. The monoisotopic (exact) mass is 386 g/mol. The Kier molecular flexibility index (Phi) is 4.39. The first kappa shape index (κ1) is 17.9. The lowest BCUT2D eigenvalue weighted by Gasteiger charge is -2.28. The molecule has 3 aromatic rings. The molecular weight excluding hydrogens is 364 g/mol. The van der Waals surface area contributed by atoms with Gasteiger partial charge in [0, 0.05) is 37.3 Å². The van der Waals surface area contributed by atoms with E-state index in [0.29, 0.717) is 31.9 Å². The molecule has 8 heteroatoms. The predicted octanol–water partition coefficient (Wildman–Crippen LogP) is 2.49. The van der Waals surface area contributed by atoms with E-state index in [1.807, 2.05) is 31.4 Å². The Labute approximate surface area is 158 Å². The second-order valence-electron chi connectivity index (χ2n) is 6.73. The molecule has 0 bridgehead atoms. The van der Waals surface area contributed by atoms with Crippen LogP contribution in [0.15, 0.2) is 35.4 Å². The minimum atomic E-state index is -3.59. The van der Waals surface area contributed by atoms with E-state index in [1.165, 1.54) is 4.31 Å². The van der Waals surface area contributed by atoms with Crippen molar-refractivity contribution < 1.29 is 13.2 Å². The van der Waals surface area contributed by atoms with E-state index in [9.17, 15) is 8.42 Å². The van der Waals surface area contributed by atoms with Crippen molar-refractivity contribution >= 4 is 15.7 Å². The third-order valence-corrected chi connectivity index (χ3v) is 6.66. The molecule has 0 unspecified atom stereocenters. The van der Waals surface area contributed by atoms with Gasteiger partial charge in [-0.1, -0.05) is 0 Å². The van der Waals surface area contributed by atoms with Gasteiger partial charge in [0.15, 0.2) is 5.65 Å². The fraction of sp³-hybridized carbons (Fsp3) is 0.368. The van der Waals surface area contributed by atoms with Gasteiger partial charge in [-0.05, 0) is 44.5 Å². The van der Waals surface area contributed by atoms with Crippen molar-refractivity contribution in [2.24, 2.45) is 0 Å². The lowest BCUT2D eigenvalue weighted by atomic mass is 10.1. The van der Waals surface area contributed by atoms with Gasteiger partial charge in [-0.3, -0.25) is 0 Å². The van der Waals surface area contributed by atoms with Gasteiger partial charge in [-0.25, -0.2) is 17.9 Å². The van der Waals surface area contributed by atoms with Crippen LogP contribution < -0.4 is 4.74 Å². The normalized spacial score (nSPS) is 15.1. The van der Waals surface area contributed by atoms with Crippen LogP contribution in [0.3, 0.4) is 0 Å². The van der Waals surface area contributed by atoms with Crippen LogP contribution >= 0.6 is 0 Å². The zero-order chi connectivity index (χ0) is 19.2. The first-order valence-electron chi connectivity index (χ1n) is 8.97. The summed E-state index contributed by atoms with van der Waals surface area (Å²) in [6.45, 7) is 6.95. The van der Waals surface area contributed by atoms with Crippen molar-refractivity contribution in [1.29, 1.82) is 0 Å². The molecule has 27 heavy (non-hydrogen) atoms. The van der Waals surface area contributed by atoms with Crippen molar-refractivity contribution in [3.63, 3.8) is 0 Å². The quantitative estimate of drug-likeness (QED) is 0.689. The van der Waals surface area contributed by atoms with Crippen LogP contribution in [0, 0.1) is 13.8 Å². The van der Waals surface area contributed by atoms with Crippen molar-refractivity contribution in [3.8, 4) is 5.75 Å². The standard InChI is InChI=1S/C19H22N4O3S/c1-4-26-18-6-5-16(9-13(18)2)27(24,25)22-8-7-17-15(12-22)11-20-19-10-14(3)21-23(17)19/h5-6,9-11H,4,7-8,12H2,1-3H3. The highest BCUT2D eigenvalue weighted by atomic mass is 32.2. The van der Waals surface area contributed by atoms with E-state index in [-0.39, 0.29) is 4.90 Å². The average Bonchev–Trinajstić information content (AvgIpc) is 3.03. The largest absolute Gasteiger partial charge is 0.494 e. The predicted molar refractivity (Wildman–Crippen MR) is 101 cm³/mol. The van der Waals surface area contributed by atoms with Gasteiger partial charge in [0.05, 0.1) is 22.9 Å². The summed E-state index contributed by atoms with van der Waals surface area (Å²) in [7, 11) is -3.59. The van der Waals surface area contributed by atoms with Crippen LogP contribution in [0.2, 0.25) is 0 Å². The van der Waals surface area contributed by atoms with Crippen molar-refractivity contribution in [2.75, 3.05) is 13.2 Å². The van der Waals surface area contributed by atoms with Gasteiger partial charge in [-0.15, -0.1) is 0 Å². The lowest BCUT2D eigenvalue weighted by molar-refractivity contribution is 0.337. The fourth-order valence-corrected chi connectivity index (χ4v) is 4.99. The number of rotatable bonds is 4. The molecule has 0 saturated heterocycles. The number of hydrogen-bond donors (Lipinski definition) is 0. The minimum Gasteiger partial charge on any atom is -0.494 e. The van der Waals surface area contributed by atoms with Crippen molar-refractivity contribution in [1.82, 2.24) is 18.9 Å². The molecule has 1 aromatic carbocycles. The van der Waals surface area contributed by atoms with E-state index in [4.69, 9.17) is 4.74 Å². The maximum Gasteiger partial charge on any atom is 0.243 e. The van der Waals surface area contributed by atoms with Crippen LogP contribution in [0.25, 0.3) is 5.65 Å². The maximum atomic E-state index is 13.1. The van der Waals surface area contributed by atoms with Crippen LogP contribution in [0.1, 0.15) is 29.4 Å². The SMILES string of the molecule is CCOc1ccc(S(=O)(=O)N2CCc3c(cnc4cc(C)nn34)C2)cc1C. The van der Waals surface area contributed by atoms with E-state index in [2.05, 4.69) is 10.1 Å². The number of ether oxygens (including phenoxy) is 1. The van der Waals surface area contributed by atoms with Crippen molar-refractivity contribution in [2.45, 2.75) is 38.6 Å². The highest BCUT2D eigenvalue weighted by molar-refractivity contribution is 7.89. The van der Waals surface area contributed by atoms with Gasteiger partial charge in [0.1, 0.15) is 5.75 Å². The van der Waals surface area contributed by atoms with Gasteiger partial charge in [-0.2, -0.15) is 9.40 Å². The first-order valence-corrected chi connectivity index (χ1v) is 10.4. The highest BCUT2D eigenvalue weighted by Gasteiger charge is 2.30. The smallest absolute Gasteiger partial charge is 0.243 e. The Hall–Kier alpha value is -2.45. The van der Waals surface area contributed by atoms with E-state index in [1.54, 1.807) is 24.4 Å². The summed E-state index contributed by atoms with van der Waals surface area (Å²) < 4.78 is 35.1. The molecule has 7 nitrogen and oxygen atoms in total. The Morgan fingerprint density at radius 2 is 2.04 bits per heavy atom. The molecule has 2 aromatic heterocycles. The molecule has 4 rings (SSSR count). The highest BCUT2D eigenvalue weighted by Crippen LogP contribution is 2.28. The van der Waals surface area contributed by atoms with Gasteiger partial charge < -0.3 is 4.74 Å². The molecule has 0 atom stereocenters. The van der Waals surface area contributed by atoms with Crippen LogP contribution in [0.4, 0.5) is 0 Å². The summed E-state index contributed by atoms with van der Waals surface area (Å²) in [5, 5.41) is 4.48. The number of fused-ring (bicyclic) bond motifs is 3. The summed E-state index contributed by atoms with van der Waals surface area (Å²) in [6, 6.07) is 6.93. The maximum absolute atomic E-state index is 13.1. The van der Waals surface area contributed by atoms with Gasteiger partial charge >= 0.3 is 0 Å². The molecule has 0 N–H and O–H groups in total. The van der Waals surface area contributed by atoms with Crippen LogP contribution in [-0.2, 0) is 23.0 Å². The topological polar surface area (TPSA) is 76.8 Å². The van der Waals surface area contributed by atoms with Gasteiger partial charge in [0.2, 0.25) is 10.0 Å². The van der Waals surface area contributed by atoms with E-state index < -0.39 is 10.0 Å². The Balaban J connectivity index is 1.66. The molecule has 142 valence electrons. The Morgan fingerprint density at radius 3 is 2.78 bits per heavy atom. The molecule has 0 amide bonds. The minimum absolute atomic E-state index is 0.288. The number of sulfonamides is 1. The molecule has 1 aliphatic heterocycles. The summed E-state index contributed by atoms with van der Waals surface area (Å²) in [6.07, 6.45) is 2.36. The molecule has 0 radical (unpaired) electrons. The van der Waals surface area contributed by atoms with Crippen LogP contribution in [0.5, 0.6) is 5.75 Å². The number of nitrogens with zero attached hydrogens (tertiary/aromatic N) is 4. The molecule has 0 spiro atoms. The van der Waals surface area contributed by atoms with E-state index >= 15 is 0 Å². The average molecular weight is 386 g/mol. The van der Waals surface area contributed by atoms with Crippen molar-refractivity contribution in [3.05, 3.63) is 53.0 Å². The Bertz CT molecular complexity index is 1120. The summed E-state index contributed by atoms with van der Waals surface area (Å²) in [5.74, 6) is 0.709. The Morgan fingerprint density at radius 1 is 1.22 bits per heavy atom. The van der Waals surface area contributed by atoms with Crippen LogP contribution in [-0.4, -0.2) is 40.5 Å². The fourth-order valence-electron chi connectivity index (χ4n) is 3.48. The summed E-state index contributed by atoms with van der Waals surface area (Å²) in [4.78, 5) is 4.70. The summed E-state index contributed by atoms with van der Waals surface area (Å²) in [5.41, 5.74) is 4.43. The third kappa shape index (κ3) is 3.08. The zero-order valence-electron chi connectivity index (χ0n) is 15.6. The van der Waals surface area contributed by atoms with E-state index in [0.717, 1.165) is 28.2 Å². The first-order chi connectivity index (χ1) is 12.9. The number of benzene rings is 1. The third-order valence-electron chi connectivity index (χ3n) is 4.82. The molecule has 0 saturated carbocycles. The number of aryl methyl sites for hydroxylation is 2. The number of aromatic nitrogens is 3. The molecular formula is C19H22N4O3S. The lowest BCUT2D eigenvalue weighted by Crippen LogP contribution is -2.37. The molecule has 3 heterocycles. The zero-order valence-corrected chi connectivity index (χ0v) is 16.5.